The summed E-state index contributed by atoms with van der Waals surface area (Å²) in [6.45, 7) is 8.00. The normalized spacial score (nSPS) is 15.3. The molecule has 0 saturated carbocycles. The number of aromatic nitrogens is 1. The van der Waals surface area contributed by atoms with Crippen molar-refractivity contribution in [3.63, 3.8) is 0 Å². The second-order valence-electron chi connectivity index (χ2n) is 17.1. The largest absolute Gasteiger partial charge is 0.356 e. The van der Waals surface area contributed by atoms with Gasteiger partial charge in [0.2, 0.25) is 17.7 Å². The molecule has 0 bridgehead atoms. The summed E-state index contributed by atoms with van der Waals surface area (Å²) in [6, 6.07) is -0.252. The van der Waals surface area contributed by atoms with Gasteiger partial charge in [-0.2, -0.15) is 0 Å². The third-order valence-corrected chi connectivity index (χ3v) is 12.1. The second kappa shape index (κ2) is 44.1. The number of anilines is 1. The summed E-state index contributed by atoms with van der Waals surface area (Å²) in [6.07, 6.45) is 71.5. The number of aryl methyl sites for hydroxylation is 1. The van der Waals surface area contributed by atoms with Crippen LogP contribution in [0.5, 0.6) is 0 Å². The van der Waals surface area contributed by atoms with Gasteiger partial charge in [-0.15, -0.1) is 11.3 Å². The van der Waals surface area contributed by atoms with Crippen LogP contribution in [-0.4, -0.2) is 47.9 Å². The number of rotatable bonds is 39. The first kappa shape index (κ1) is 60.0. The third-order valence-electron chi connectivity index (χ3n) is 11.0. The van der Waals surface area contributed by atoms with Crippen molar-refractivity contribution in [3.05, 3.63) is 156 Å². The number of amides is 3. The summed E-state index contributed by atoms with van der Waals surface area (Å²) >= 11 is 1.54. The Hall–Kier alpha value is -5.12. The summed E-state index contributed by atoms with van der Waals surface area (Å²) in [4.78, 5) is 45.3. The van der Waals surface area contributed by atoms with Gasteiger partial charge in [0.1, 0.15) is 6.04 Å². The van der Waals surface area contributed by atoms with Crippen LogP contribution in [-0.2, 0) is 27.2 Å². The molecule has 0 radical (unpaired) electrons. The van der Waals surface area contributed by atoms with Crippen LogP contribution < -0.4 is 21.3 Å². The topological polar surface area (TPSA) is 112 Å². The minimum absolute atomic E-state index is 0.0198. The highest BCUT2D eigenvalue weighted by Gasteiger charge is 2.25. The van der Waals surface area contributed by atoms with E-state index < -0.39 is 6.04 Å². The van der Waals surface area contributed by atoms with Crippen LogP contribution in [0.2, 0.25) is 0 Å². The van der Waals surface area contributed by atoms with Gasteiger partial charge in [-0.25, -0.2) is 4.98 Å². The smallest absolute Gasteiger partial charge is 0.248 e. The molecule has 0 aromatic carbocycles. The van der Waals surface area contributed by atoms with Gasteiger partial charge in [-0.1, -0.05) is 167 Å². The zero-order valence-electron chi connectivity index (χ0n) is 42.8. The van der Waals surface area contributed by atoms with E-state index in [0.717, 1.165) is 115 Å². The molecule has 0 saturated heterocycles. The lowest BCUT2D eigenvalue weighted by molar-refractivity contribution is -0.126. The van der Waals surface area contributed by atoms with Crippen LogP contribution in [0.3, 0.4) is 0 Å². The highest BCUT2D eigenvalue weighted by molar-refractivity contribution is 7.15. The molecule has 378 valence electrons. The summed E-state index contributed by atoms with van der Waals surface area (Å²) in [7, 11) is 0. The zero-order valence-corrected chi connectivity index (χ0v) is 43.6. The minimum atomic E-state index is -0.688. The molecule has 0 spiro atoms. The zero-order chi connectivity index (χ0) is 49.5. The fourth-order valence-corrected chi connectivity index (χ4v) is 8.27. The van der Waals surface area contributed by atoms with Crippen molar-refractivity contribution in [2.45, 2.75) is 181 Å². The van der Waals surface area contributed by atoms with Gasteiger partial charge in [0, 0.05) is 30.3 Å². The number of hydrogen-bond donors (Lipinski definition) is 4. The molecule has 1 aliphatic carbocycles. The van der Waals surface area contributed by atoms with E-state index in [9.17, 15) is 14.4 Å². The SMILES string of the molecule is CCC=CCC=CCC=CCC=CCC=CCC=CCCC(=O)NCCCCC(NC(=O)CCC=CCC=CCC=CCC=CCC=CCC=CCC)C(=O)Nc1nc2c(s1)CC(NCCC)CC2. The second-order valence-corrected chi connectivity index (χ2v) is 18.2. The van der Waals surface area contributed by atoms with E-state index >= 15 is 0 Å². The first-order valence-electron chi connectivity index (χ1n) is 26.3. The van der Waals surface area contributed by atoms with Crippen LogP contribution in [0.4, 0.5) is 5.13 Å². The van der Waals surface area contributed by atoms with Gasteiger partial charge < -0.3 is 21.3 Å². The summed E-state index contributed by atoms with van der Waals surface area (Å²) in [5.74, 6) is -0.378. The van der Waals surface area contributed by atoms with Crippen molar-refractivity contribution >= 4 is 34.2 Å². The lowest BCUT2D eigenvalue weighted by atomic mass is 9.98. The molecular formula is C60H89N5O3S. The fraction of sp³-hybridized carbons (Fsp3) is 0.500. The van der Waals surface area contributed by atoms with Crippen molar-refractivity contribution in [3.8, 4) is 0 Å². The molecule has 9 heteroatoms. The molecule has 1 heterocycles. The monoisotopic (exact) mass is 960 g/mol. The van der Waals surface area contributed by atoms with Crippen molar-refractivity contribution in [2.75, 3.05) is 18.4 Å². The molecule has 2 unspecified atom stereocenters. The van der Waals surface area contributed by atoms with Crippen molar-refractivity contribution < 1.29 is 14.4 Å². The number of carbonyl (C=O) groups excluding carboxylic acids is 3. The Morgan fingerprint density at radius 1 is 0.565 bits per heavy atom. The molecule has 1 aromatic rings. The lowest BCUT2D eigenvalue weighted by Gasteiger charge is -2.21. The number of thiazole rings is 1. The molecule has 0 aliphatic heterocycles. The number of allylic oxidation sites excluding steroid dienone is 24. The van der Waals surface area contributed by atoms with E-state index in [1.165, 1.54) is 4.88 Å². The number of fused-ring (bicyclic) bond motifs is 1. The Morgan fingerprint density at radius 3 is 1.45 bits per heavy atom. The summed E-state index contributed by atoms with van der Waals surface area (Å²) < 4.78 is 0. The number of carbonyl (C=O) groups is 3. The Morgan fingerprint density at radius 2 is 1.00 bits per heavy atom. The van der Waals surface area contributed by atoms with E-state index in [1.807, 2.05) is 6.08 Å². The van der Waals surface area contributed by atoms with Crippen LogP contribution in [0, 0.1) is 0 Å². The number of nitrogens with one attached hydrogen (secondary N) is 4. The van der Waals surface area contributed by atoms with Gasteiger partial charge in [0.05, 0.1) is 5.69 Å². The number of hydrogen-bond acceptors (Lipinski definition) is 6. The Kier molecular flexibility index (Phi) is 38.4. The molecule has 8 nitrogen and oxygen atoms in total. The van der Waals surface area contributed by atoms with Gasteiger partial charge in [0.25, 0.3) is 0 Å². The molecule has 3 amide bonds. The minimum Gasteiger partial charge on any atom is -0.356 e. The molecule has 4 N–H and O–H groups in total. The quantitative estimate of drug-likeness (QED) is 0.0388. The van der Waals surface area contributed by atoms with Crippen LogP contribution in [0.25, 0.3) is 0 Å². The Labute approximate surface area is 422 Å². The molecule has 2 atom stereocenters. The molecule has 69 heavy (non-hydrogen) atoms. The Bertz CT molecular complexity index is 1890. The first-order chi connectivity index (χ1) is 34.0. The average molecular weight is 960 g/mol. The summed E-state index contributed by atoms with van der Waals surface area (Å²) in [5.41, 5.74) is 1.07. The van der Waals surface area contributed by atoms with Crippen molar-refractivity contribution in [2.24, 2.45) is 0 Å². The van der Waals surface area contributed by atoms with Crippen LogP contribution in [0.1, 0.15) is 166 Å². The predicted octanol–water partition coefficient (Wildman–Crippen LogP) is 14.7. The van der Waals surface area contributed by atoms with E-state index in [4.69, 9.17) is 4.98 Å². The maximum atomic E-state index is 13.6. The molecule has 0 fully saturated rings. The van der Waals surface area contributed by atoms with Crippen molar-refractivity contribution in [1.82, 2.24) is 20.9 Å². The molecular weight excluding hydrogens is 871 g/mol. The van der Waals surface area contributed by atoms with Gasteiger partial charge in [-0.05, 0) is 141 Å². The van der Waals surface area contributed by atoms with Crippen LogP contribution >= 0.6 is 11.3 Å². The standard InChI is InChI=1S/C60H89N5O3S/c1-4-7-9-11-13-15-17-19-21-23-25-27-29-31-33-35-37-39-41-46-57(66)62-51-44-43-45-55(59(68)65-60-64-54-49-48-53(61-50-6-3)52-56(54)69-60)63-58(67)47-42-40-38-36-34-32-30-28-26-24-22-20-18-16-14-12-10-8-5-2/h7-10,13-16,19-22,25-28,31-34,37-40,53,55,61H,4-6,11-12,17-18,23-24,29-30,35-36,41-52H2,1-3H3,(H,62,66)(H,63,67)(H,64,65,68). The lowest BCUT2D eigenvalue weighted by Crippen LogP contribution is -2.43. The van der Waals surface area contributed by atoms with Crippen LogP contribution in [0.15, 0.2) is 146 Å². The van der Waals surface area contributed by atoms with E-state index in [2.05, 4.69) is 182 Å². The molecule has 1 aromatic heterocycles. The maximum Gasteiger partial charge on any atom is 0.248 e. The highest BCUT2D eigenvalue weighted by atomic mass is 32.1. The van der Waals surface area contributed by atoms with E-state index in [0.29, 0.717) is 62.7 Å². The number of unbranched alkanes of at least 4 members (excludes halogenated alkanes) is 1. The number of nitrogens with zero attached hydrogens (tertiary/aromatic N) is 1. The van der Waals surface area contributed by atoms with Gasteiger partial charge >= 0.3 is 0 Å². The first-order valence-corrected chi connectivity index (χ1v) is 27.2. The Balaban J connectivity index is 1.71. The highest BCUT2D eigenvalue weighted by Crippen LogP contribution is 2.30. The third kappa shape index (κ3) is 34.8. The molecule has 1 aliphatic rings. The van der Waals surface area contributed by atoms with Gasteiger partial charge in [-0.3, -0.25) is 14.4 Å². The van der Waals surface area contributed by atoms with E-state index in [-0.39, 0.29) is 17.7 Å². The predicted molar refractivity (Wildman–Crippen MR) is 299 cm³/mol. The molecule has 2 rings (SSSR count). The van der Waals surface area contributed by atoms with Gasteiger partial charge in [0.15, 0.2) is 5.13 Å². The van der Waals surface area contributed by atoms with E-state index in [1.54, 1.807) is 11.3 Å². The van der Waals surface area contributed by atoms with Crippen molar-refractivity contribution in [1.29, 1.82) is 0 Å². The summed E-state index contributed by atoms with van der Waals surface area (Å²) in [5, 5.41) is 13.3. The average Bonchev–Trinajstić information content (AvgIpc) is 3.75. The fourth-order valence-electron chi connectivity index (χ4n) is 7.18. The maximum absolute atomic E-state index is 13.6.